The quantitative estimate of drug-likeness (QED) is 0.600. The maximum Gasteiger partial charge on any atom is 0.0167 e. The summed E-state index contributed by atoms with van der Waals surface area (Å²) in [6.45, 7) is 0. The molecular formula is C6H9Br3. The Morgan fingerprint density at radius 3 is 1.11 bits per heavy atom. The Kier molecular flexibility index (Phi) is 3.53. The molecule has 1 fully saturated rings. The number of halogens is 3. The van der Waals surface area contributed by atoms with Crippen LogP contribution in [0.2, 0.25) is 0 Å². The molecule has 0 aromatic rings. The summed E-state index contributed by atoms with van der Waals surface area (Å²) < 4.78 is 0. The number of hydrogen-bond donors (Lipinski definition) is 0. The van der Waals surface area contributed by atoms with Gasteiger partial charge in [-0.1, -0.05) is 47.8 Å². The molecule has 0 amide bonds. The fourth-order valence-electron chi connectivity index (χ4n) is 1.12. The van der Waals surface area contributed by atoms with Gasteiger partial charge in [0.15, 0.2) is 0 Å². The average molecular weight is 321 g/mol. The van der Waals surface area contributed by atoms with E-state index in [-0.39, 0.29) is 0 Å². The first-order chi connectivity index (χ1) is 4.18. The Morgan fingerprint density at radius 2 is 0.889 bits per heavy atom. The molecule has 0 N–H and O–H groups in total. The van der Waals surface area contributed by atoms with E-state index in [9.17, 15) is 0 Å². The van der Waals surface area contributed by atoms with Crippen molar-refractivity contribution in [3.8, 4) is 0 Å². The lowest BCUT2D eigenvalue weighted by atomic mass is 10.0. The Bertz CT molecular complexity index is 69.3. The predicted molar refractivity (Wildman–Crippen MR) is 52.0 cm³/mol. The minimum atomic E-state index is 0.708. The fraction of sp³-hybridized carbons (Fsp3) is 1.00. The molecule has 0 atom stereocenters. The maximum absolute atomic E-state index is 3.61. The summed E-state index contributed by atoms with van der Waals surface area (Å²) in [6.07, 6.45) is 3.80. The van der Waals surface area contributed by atoms with Gasteiger partial charge in [0.1, 0.15) is 0 Å². The lowest BCUT2D eigenvalue weighted by Gasteiger charge is -2.25. The van der Waals surface area contributed by atoms with Crippen LogP contribution in [0.15, 0.2) is 0 Å². The fourth-order valence-corrected chi connectivity index (χ4v) is 5.33. The minimum Gasteiger partial charge on any atom is -0.0890 e. The third-order valence-corrected chi connectivity index (χ3v) is 3.78. The van der Waals surface area contributed by atoms with Gasteiger partial charge in [-0.2, -0.15) is 0 Å². The number of alkyl halides is 3. The molecule has 0 unspecified atom stereocenters. The van der Waals surface area contributed by atoms with Gasteiger partial charge in [0, 0.05) is 14.5 Å². The SMILES string of the molecule is BrC1CC(Br)CC(Br)C1. The summed E-state index contributed by atoms with van der Waals surface area (Å²) in [5.41, 5.74) is 0. The highest BCUT2D eigenvalue weighted by molar-refractivity contribution is 9.10. The second-order valence-corrected chi connectivity index (χ2v) is 6.38. The second-order valence-electron chi connectivity index (χ2n) is 2.50. The van der Waals surface area contributed by atoms with Crippen LogP contribution in [0.1, 0.15) is 19.3 Å². The topological polar surface area (TPSA) is 0 Å². The van der Waals surface area contributed by atoms with Crippen LogP contribution in [0.4, 0.5) is 0 Å². The zero-order chi connectivity index (χ0) is 6.85. The van der Waals surface area contributed by atoms with E-state index in [1.54, 1.807) is 0 Å². The molecule has 1 rings (SSSR count). The summed E-state index contributed by atoms with van der Waals surface area (Å²) in [6, 6.07) is 0. The van der Waals surface area contributed by atoms with Crippen molar-refractivity contribution in [1.82, 2.24) is 0 Å². The van der Waals surface area contributed by atoms with E-state index in [0.717, 1.165) is 0 Å². The Hall–Kier alpha value is 1.44. The molecule has 0 aromatic heterocycles. The molecule has 0 bridgehead atoms. The Balaban J connectivity index is 2.34. The van der Waals surface area contributed by atoms with Gasteiger partial charge in [-0.05, 0) is 19.3 Å². The normalized spacial score (nSPS) is 45.0. The first-order valence-corrected chi connectivity index (χ1v) is 5.85. The van der Waals surface area contributed by atoms with E-state index in [0.29, 0.717) is 14.5 Å². The molecular weight excluding hydrogens is 312 g/mol. The third-order valence-electron chi connectivity index (χ3n) is 1.53. The molecule has 3 heteroatoms. The molecule has 0 aliphatic heterocycles. The van der Waals surface area contributed by atoms with Gasteiger partial charge in [-0.15, -0.1) is 0 Å². The van der Waals surface area contributed by atoms with E-state index < -0.39 is 0 Å². The maximum atomic E-state index is 3.61. The first kappa shape index (κ1) is 8.54. The van der Waals surface area contributed by atoms with Crippen molar-refractivity contribution in [1.29, 1.82) is 0 Å². The van der Waals surface area contributed by atoms with Gasteiger partial charge in [0.2, 0.25) is 0 Å². The van der Waals surface area contributed by atoms with Crippen LogP contribution in [0, 0.1) is 0 Å². The van der Waals surface area contributed by atoms with Crippen LogP contribution in [0.25, 0.3) is 0 Å². The van der Waals surface area contributed by atoms with Crippen molar-refractivity contribution in [2.75, 3.05) is 0 Å². The molecule has 9 heavy (non-hydrogen) atoms. The minimum absolute atomic E-state index is 0.708. The number of rotatable bonds is 0. The van der Waals surface area contributed by atoms with Crippen molar-refractivity contribution in [3.05, 3.63) is 0 Å². The largest absolute Gasteiger partial charge is 0.0890 e. The average Bonchev–Trinajstić information content (AvgIpc) is 1.59. The van der Waals surface area contributed by atoms with E-state index in [1.807, 2.05) is 0 Å². The van der Waals surface area contributed by atoms with E-state index in [4.69, 9.17) is 0 Å². The predicted octanol–water partition coefficient (Wildman–Crippen LogP) is 3.46. The van der Waals surface area contributed by atoms with Crippen molar-refractivity contribution in [2.45, 2.75) is 33.7 Å². The highest BCUT2D eigenvalue weighted by atomic mass is 79.9. The monoisotopic (exact) mass is 318 g/mol. The highest BCUT2D eigenvalue weighted by Gasteiger charge is 2.23. The molecule has 1 aliphatic carbocycles. The number of hydrogen-bond acceptors (Lipinski definition) is 0. The Labute approximate surface area is 81.2 Å². The van der Waals surface area contributed by atoms with Crippen molar-refractivity contribution in [3.63, 3.8) is 0 Å². The Morgan fingerprint density at radius 1 is 0.667 bits per heavy atom. The van der Waals surface area contributed by atoms with Crippen LogP contribution < -0.4 is 0 Å². The van der Waals surface area contributed by atoms with Crippen LogP contribution in [-0.4, -0.2) is 14.5 Å². The van der Waals surface area contributed by atoms with Crippen LogP contribution in [0.3, 0.4) is 0 Å². The third kappa shape index (κ3) is 2.89. The van der Waals surface area contributed by atoms with E-state index in [2.05, 4.69) is 47.8 Å². The summed E-state index contributed by atoms with van der Waals surface area (Å²) in [5.74, 6) is 0. The second kappa shape index (κ2) is 3.72. The molecule has 0 spiro atoms. The lowest BCUT2D eigenvalue weighted by molar-refractivity contribution is 0.558. The molecule has 0 saturated heterocycles. The summed E-state index contributed by atoms with van der Waals surface area (Å²) in [4.78, 5) is 2.12. The first-order valence-electron chi connectivity index (χ1n) is 3.10. The zero-order valence-electron chi connectivity index (χ0n) is 4.99. The summed E-state index contributed by atoms with van der Waals surface area (Å²) >= 11 is 10.8. The van der Waals surface area contributed by atoms with Crippen molar-refractivity contribution in [2.24, 2.45) is 0 Å². The van der Waals surface area contributed by atoms with Crippen molar-refractivity contribution >= 4 is 47.8 Å². The van der Waals surface area contributed by atoms with Gasteiger partial charge >= 0.3 is 0 Å². The van der Waals surface area contributed by atoms with Gasteiger partial charge in [0.05, 0.1) is 0 Å². The van der Waals surface area contributed by atoms with Gasteiger partial charge < -0.3 is 0 Å². The highest BCUT2D eigenvalue weighted by Crippen LogP contribution is 2.32. The standard InChI is InChI=1S/C6H9Br3/c7-4-1-5(8)3-6(9)2-4/h4-6H,1-3H2. The van der Waals surface area contributed by atoms with Gasteiger partial charge in [0.25, 0.3) is 0 Å². The van der Waals surface area contributed by atoms with Crippen LogP contribution in [-0.2, 0) is 0 Å². The van der Waals surface area contributed by atoms with Crippen LogP contribution >= 0.6 is 47.8 Å². The molecule has 0 radical (unpaired) electrons. The molecule has 1 aliphatic rings. The van der Waals surface area contributed by atoms with Crippen LogP contribution in [0.5, 0.6) is 0 Å². The van der Waals surface area contributed by atoms with Gasteiger partial charge in [-0.3, -0.25) is 0 Å². The summed E-state index contributed by atoms with van der Waals surface area (Å²) in [7, 11) is 0. The zero-order valence-corrected chi connectivity index (χ0v) is 9.75. The molecule has 54 valence electrons. The molecule has 0 heterocycles. The molecule has 0 nitrogen and oxygen atoms in total. The van der Waals surface area contributed by atoms with Gasteiger partial charge in [-0.25, -0.2) is 0 Å². The molecule has 0 aromatic carbocycles. The molecule has 1 saturated carbocycles. The van der Waals surface area contributed by atoms with Crippen molar-refractivity contribution < 1.29 is 0 Å². The van der Waals surface area contributed by atoms with E-state index >= 15 is 0 Å². The smallest absolute Gasteiger partial charge is 0.0167 e. The summed E-state index contributed by atoms with van der Waals surface area (Å²) in [5, 5.41) is 0. The lowest BCUT2D eigenvalue weighted by Crippen LogP contribution is -2.22. The van der Waals surface area contributed by atoms with E-state index in [1.165, 1.54) is 19.3 Å².